The summed E-state index contributed by atoms with van der Waals surface area (Å²) in [6.07, 6.45) is 2.25. The lowest BCUT2D eigenvalue weighted by molar-refractivity contribution is -0.116. The molecule has 0 N–H and O–H groups in total. The molecular weight excluding hydrogens is 164 g/mol. The molecule has 2 nitrogen and oxygen atoms in total. The summed E-state index contributed by atoms with van der Waals surface area (Å²) in [5, 5.41) is 0. The van der Waals surface area contributed by atoms with Crippen molar-refractivity contribution in [3.63, 3.8) is 0 Å². The van der Waals surface area contributed by atoms with E-state index in [0.717, 1.165) is 5.76 Å². The highest BCUT2D eigenvalue weighted by molar-refractivity contribution is 5.77. The predicted molar refractivity (Wildman–Crippen MR) is 54.1 cm³/mol. The van der Waals surface area contributed by atoms with Crippen LogP contribution < -0.4 is 0 Å². The second-order valence-electron chi connectivity index (χ2n) is 3.47. The van der Waals surface area contributed by atoms with Gasteiger partial charge in [-0.2, -0.15) is 0 Å². The molecule has 2 heteroatoms. The molecule has 0 fully saturated rings. The van der Waals surface area contributed by atoms with Crippen LogP contribution in [0.15, 0.2) is 24.2 Å². The number of hydrogen-bond donors (Lipinski definition) is 0. The maximum Gasteiger partial charge on any atom is 0.133 e. The van der Waals surface area contributed by atoms with E-state index >= 15 is 0 Å². The molecule has 0 aliphatic carbocycles. The van der Waals surface area contributed by atoms with Gasteiger partial charge in [-0.25, -0.2) is 0 Å². The van der Waals surface area contributed by atoms with Gasteiger partial charge in [0, 0.05) is 12.3 Å². The Bertz CT molecular complexity index is 224. The smallest absolute Gasteiger partial charge is 0.133 e. The topological polar surface area (TPSA) is 26.3 Å². The van der Waals surface area contributed by atoms with Crippen LogP contribution in [0.4, 0.5) is 0 Å². The highest BCUT2D eigenvalue weighted by Crippen LogP contribution is 2.15. The molecule has 0 bridgehead atoms. The standard InChI is InChI=1S/C11H18O2/c1-8(2)11(13-9(3)4)7-6-10(5)12/h7-8H,3,6H2,1-2,4-5H3. The van der Waals surface area contributed by atoms with Gasteiger partial charge in [0.25, 0.3) is 0 Å². The molecule has 74 valence electrons. The molecule has 0 aromatic rings. The second-order valence-corrected chi connectivity index (χ2v) is 3.47. The Balaban J connectivity index is 4.32. The van der Waals surface area contributed by atoms with Crippen LogP contribution in [-0.2, 0) is 9.53 Å². The van der Waals surface area contributed by atoms with E-state index in [9.17, 15) is 4.79 Å². The summed E-state index contributed by atoms with van der Waals surface area (Å²) in [7, 11) is 0. The van der Waals surface area contributed by atoms with Gasteiger partial charge in [-0.1, -0.05) is 20.4 Å². The SMILES string of the molecule is C=C(C)OC(=CCC(C)=O)C(C)C. The number of ketones is 1. The second kappa shape index (κ2) is 5.57. The third-order valence-electron chi connectivity index (χ3n) is 1.45. The van der Waals surface area contributed by atoms with Gasteiger partial charge >= 0.3 is 0 Å². The summed E-state index contributed by atoms with van der Waals surface area (Å²) in [5.74, 6) is 1.91. The van der Waals surface area contributed by atoms with Crippen LogP contribution in [0, 0.1) is 5.92 Å². The van der Waals surface area contributed by atoms with E-state index in [1.165, 1.54) is 0 Å². The van der Waals surface area contributed by atoms with Crippen molar-refractivity contribution >= 4 is 5.78 Å². The number of hydrogen-bond acceptors (Lipinski definition) is 2. The molecule has 0 radical (unpaired) electrons. The van der Waals surface area contributed by atoms with Gasteiger partial charge in [-0.15, -0.1) is 0 Å². The first-order valence-electron chi connectivity index (χ1n) is 4.46. The summed E-state index contributed by atoms with van der Waals surface area (Å²) in [6, 6.07) is 0. The Morgan fingerprint density at radius 2 is 2.00 bits per heavy atom. The van der Waals surface area contributed by atoms with E-state index in [2.05, 4.69) is 6.58 Å². The molecule has 0 saturated carbocycles. The van der Waals surface area contributed by atoms with Gasteiger partial charge in [-0.05, 0) is 19.9 Å². The highest BCUT2D eigenvalue weighted by Gasteiger charge is 2.04. The third-order valence-corrected chi connectivity index (χ3v) is 1.45. The third kappa shape index (κ3) is 6.14. The van der Waals surface area contributed by atoms with Crippen LogP contribution in [-0.4, -0.2) is 5.78 Å². The van der Waals surface area contributed by atoms with Gasteiger partial charge in [0.05, 0.1) is 5.76 Å². The maximum absolute atomic E-state index is 10.7. The monoisotopic (exact) mass is 182 g/mol. The van der Waals surface area contributed by atoms with Crippen molar-refractivity contribution in [2.45, 2.75) is 34.1 Å². The fraction of sp³-hybridized carbons (Fsp3) is 0.545. The van der Waals surface area contributed by atoms with Crippen molar-refractivity contribution in [3.05, 3.63) is 24.2 Å². The molecule has 0 saturated heterocycles. The minimum Gasteiger partial charge on any atom is -0.467 e. The zero-order chi connectivity index (χ0) is 10.4. The van der Waals surface area contributed by atoms with Crippen molar-refractivity contribution in [2.24, 2.45) is 5.92 Å². The van der Waals surface area contributed by atoms with Crippen LogP contribution in [0.5, 0.6) is 0 Å². The number of Topliss-reactive ketones (excluding diaryl/α,β-unsaturated/α-hetero) is 1. The first-order chi connectivity index (χ1) is 5.93. The number of allylic oxidation sites excluding steroid dienone is 3. The lowest BCUT2D eigenvalue weighted by Gasteiger charge is -2.12. The Morgan fingerprint density at radius 1 is 1.46 bits per heavy atom. The number of carbonyl (C=O) groups is 1. The zero-order valence-corrected chi connectivity index (χ0v) is 8.89. The molecular formula is C11H18O2. The zero-order valence-electron chi connectivity index (χ0n) is 8.89. The van der Waals surface area contributed by atoms with Crippen LogP contribution >= 0.6 is 0 Å². The van der Waals surface area contributed by atoms with Gasteiger partial charge in [-0.3, -0.25) is 4.79 Å². The molecule has 0 amide bonds. The first kappa shape index (κ1) is 11.9. The quantitative estimate of drug-likeness (QED) is 0.611. The van der Waals surface area contributed by atoms with Crippen molar-refractivity contribution < 1.29 is 9.53 Å². The summed E-state index contributed by atoms with van der Waals surface area (Å²) >= 11 is 0. The fourth-order valence-corrected chi connectivity index (χ4v) is 0.841. The van der Waals surface area contributed by atoms with E-state index in [0.29, 0.717) is 12.2 Å². The lowest BCUT2D eigenvalue weighted by Crippen LogP contribution is -1.99. The normalized spacial score (nSPS) is 11.6. The number of carbonyl (C=O) groups excluding carboxylic acids is 1. The molecule has 0 aromatic carbocycles. The summed E-state index contributed by atoms with van der Waals surface area (Å²) < 4.78 is 5.38. The fourth-order valence-electron chi connectivity index (χ4n) is 0.841. The van der Waals surface area contributed by atoms with E-state index in [1.54, 1.807) is 13.8 Å². The predicted octanol–water partition coefficient (Wildman–Crippen LogP) is 3.06. The van der Waals surface area contributed by atoms with Crippen molar-refractivity contribution in [3.8, 4) is 0 Å². The molecule has 0 aliphatic rings. The summed E-state index contributed by atoms with van der Waals surface area (Å²) in [6.45, 7) is 11.1. The molecule has 0 heterocycles. The number of ether oxygens (including phenoxy) is 1. The van der Waals surface area contributed by atoms with Crippen LogP contribution in [0.3, 0.4) is 0 Å². The first-order valence-corrected chi connectivity index (χ1v) is 4.46. The molecule has 13 heavy (non-hydrogen) atoms. The number of rotatable bonds is 5. The maximum atomic E-state index is 10.7. The summed E-state index contributed by atoms with van der Waals surface area (Å²) in [4.78, 5) is 10.7. The molecule has 0 aliphatic heterocycles. The highest BCUT2D eigenvalue weighted by atomic mass is 16.5. The lowest BCUT2D eigenvalue weighted by atomic mass is 10.1. The van der Waals surface area contributed by atoms with Gasteiger partial charge < -0.3 is 4.74 Å². The van der Waals surface area contributed by atoms with Gasteiger partial charge in [0.1, 0.15) is 11.5 Å². The Labute approximate surface area is 80.3 Å². The molecule has 0 rings (SSSR count). The average Bonchev–Trinajstić information content (AvgIpc) is 1.96. The molecule has 0 atom stereocenters. The van der Waals surface area contributed by atoms with Crippen LogP contribution in [0.1, 0.15) is 34.1 Å². The van der Waals surface area contributed by atoms with E-state index < -0.39 is 0 Å². The minimum atomic E-state index is 0.142. The Kier molecular flexibility index (Phi) is 5.12. The van der Waals surface area contributed by atoms with Crippen LogP contribution in [0.25, 0.3) is 0 Å². The minimum absolute atomic E-state index is 0.142. The average molecular weight is 182 g/mol. The van der Waals surface area contributed by atoms with E-state index in [4.69, 9.17) is 4.74 Å². The van der Waals surface area contributed by atoms with Crippen LogP contribution in [0.2, 0.25) is 0 Å². The largest absolute Gasteiger partial charge is 0.467 e. The van der Waals surface area contributed by atoms with Gasteiger partial charge in [0.15, 0.2) is 0 Å². The van der Waals surface area contributed by atoms with E-state index in [1.807, 2.05) is 19.9 Å². The van der Waals surface area contributed by atoms with Gasteiger partial charge in [0.2, 0.25) is 0 Å². The Hall–Kier alpha value is -1.05. The van der Waals surface area contributed by atoms with Crippen molar-refractivity contribution in [2.75, 3.05) is 0 Å². The van der Waals surface area contributed by atoms with E-state index in [-0.39, 0.29) is 11.7 Å². The summed E-state index contributed by atoms with van der Waals surface area (Å²) in [5.41, 5.74) is 0. The Morgan fingerprint density at radius 3 is 2.31 bits per heavy atom. The van der Waals surface area contributed by atoms with Crippen molar-refractivity contribution in [1.82, 2.24) is 0 Å². The molecule has 0 unspecified atom stereocenters. The van der Waals surface area contributed by atoms with Crippen molar-refractivity contribution in [1.29, 1.82) is 0 Å². The molecule has 0 aromatic heterocycles. The molecule has 0 spiro atoms.